The second-order valence-corrected chi connectivity index (χ2v) is 7.67. The van der Waals surface area contributed by atoms with Crippen LogP contribution >= 0.6 is 0 Å². The number of benzene rings is 1. The molecule has 2 heteroatoms. The lowest BCUT2D eigenvalue weighted by Crippen LogP contribution is -2.19. The van der Waals surface area contributed by atoms with Crippen LogP contribution in [0.3, 0.4) is 0 Å². The van der Waals surface area contributed by atoms with Crippen molar-refractivity contribution in [2.24, 2.45) is 0 Å². The van der Waals surface area contributed by atoms with E-state index >= 15 is 0 Å². The monoisotopic (exact) mass is 234 g/mol. The third-order valence-electron chi connectivity index (χ3n) is 2.39. The summed E-state index contributed by atoms with van der Waals surface area (Å²) >= 11 is 0. The van der Waals surface area contributed by atoms with Crippen LogP contribution in [-0.2, 0) is 5.41 Å². The maximum Gasteiger partial charge on any atom is 0.229 e. The van der Waals surface area contributed by atoms with Crippen LogP contribution in [0, 0.1) is 0 Å². The van der Waals surface area contributed by atoms with Crippen molar-refractivity contribution in [3.63, 3.8) is 0 Å². The first-order valence-corrected chi connectivity index (χ1v) is 8.57. The molecule has 0 N–H and O–H groups in total. The Bertz CT molecular complexity index is 375. The molecule has 0 saturated carbocycles. The van der Waals surface area contributed by atoms with E-state index in [-0.39, 0.29) is 5.41 Å². The standard InChI is InChI=1S/C14H22OSi/c1-7-11-9-8-10-12(15-16(5)6)13(11)14(2,3)4/h7-10,16H,1H2,2-6H3. The Hall–Kier alpha value is -1.02. The molecule has 1 aromatic rings. The first kappa shape index (κ1) is 13.0. The summed E-state index contributed by atoms with van der Waals surface area (Å²) in [5, 5.41) is 0. The van der Waals surface area contributed by atoms with Crippen LogP contribution < -0.4 is 4.43 Å². The summed E-state index contributed by atoms with van der Waals surface area (Å²) in [7, 11) is -1.06. The zero-order valence-electron chi connectivity index (χ0n) is 11.0. The lowest BCUT2D eigenvalue weighted by molar-refractivity contribution is 0.519. The molecule has 0 aromatic heterocycles. The molecule has 0 bridgehead atoms. The van der Waals surface area contributed by atoms with Crippen molar-refractivity contribution in [1.29, 1.82) is 0 Å². The summed E-state index contributed by atoms with van der Waals surface area (Å²) in [5.74, 6) is 1.03. The van der Waals surface area contributed by atoms with Gasteiger partial charge >= 0.3 is 0 Å². The Morgan fingerprint density at radius 2 is 1.88 bits per heavy atom. The maximum absolute atomic E-state index is 6.01. The van der Waals surface area contributed by atoms with E-state index < -0.39 is 9.04 Å². The van der Waals surface area contributed by atoms with Gasteiger partial charge in [-0.1, -0.05) is 45.6 Å². The number of hydrogen-bond acceptors (Lipinski definition) is 1. The van der Waals surface area contributed by atoms with Crippen LogP contribution in [0.5, 0.6) is 5.75 Å². The molecular formula is C14H22OSi. The molecule has 0 unspecified atom stereocenters. The zero-order chi connectivity index (χ0) is 12.3. The summed E-state index contributed by atoms with van der Waals surface area (Å²) in [4.78, 5) is 0. The first-order chi connectivity index (χ1) is 7.36. The van der Waals surface area contributed by atoms with Crippen molar-refractivity contribution >= 4 is 15.1 Å². The lowest BCUT2D eigenvalue weighted by Gasteiger charge is -2.26. The average Bonchev–Trinajstić information content (AvgIpc) is 2.14. The van der Waals surface area contributed by atoms with Crippen LogP contribution in [0.4, 0.5) is 0 Å². The predicted octanol–water partition coefficient (Wildman–Crippen LogP) is 3.99. The van der Waals surface area contributed by atoms with Crippen LogP contribution in [0.15, 0.2) is 24.8 Å². The molecule has 0 amide bonds. The molecule has 88 valence electrons. The van der Waals surface area contributed by atoms with E-state index in [0.29, 0.717) is 0 Å². The lowest BCUT2D eigenvalue weighted by atomic mass is 9.83. The summed E-state index contributed by atoms with van der Waals surface area (Å²) in [6.45, 7) is 14.9. The molecule has 0 saturated heterocycles. The third-order valence-corrected chi connectivity index (χ3v) is 3.12. The number of hydrogen-bond donors (Lipinski definition) is 0. The van der Waals surface area contributed by atoms with Gasteiger partial charge in [-0.25, -0.2) is 0 Å². The van der Waals surface area contributed by atoms with Gasteiger partial charge < -0.3 is 4.43 Å². The minimum absolute atomic E-state index is 0.0867. The van der Waals surface area contributed by atoms with Gasteiger partial charge in [-0.3, -0.25) is 0 Å². The van der Waals surface area contributed by atoms with Gasteiger partial charge in [0.2, 0.25) is 9.04 Å². The largest absolute Gasteiger partial charge is 0.547 e. The fraction of sp³-hybridized carbons (Fsp3) is 0.429. The van der Waals surface area contributed by atoms with Crippen LogP contribution in [0.25, 0.3) is 6.08 Å². The van der Waals surface area contributed by atoms with Gasteiger partial charge in [0.15, 0.2) is 0 Å². The van der Waals surface area contributed by atoms with Crippen LogP contribution in [-0.4, -0.2) is 9.04 Å². The highest BCUT2D eigenvalue weighted by Crippen LogP contribution is 2.35. The molecule has 0 spiro atoms. The van der Waals surface area contributed by atoms with Crippen LogP contribution in [0.1, 0.15) is 31.9 Å². The highest BCUT2D eigenvalue weighted by atomic mass is 28.3. The minimum Gasteiger partial charge on any atom is -0.547 e. The SMILES string of the molecule is C=Cc1cccc(O[SiH](C)C)c1C(C)(C)C. The van der Waals surface area contributed by atoms with Gasteiger partial charge in [0.25, 0.3) is 0 Å². The molecule has 1 nitrogen and oxygen atoms in total. The summed E-state index contributed by atoms with van der Waals surface area (Å²) in [6.07, 6.45) is 1.91. The molecule has 0 atom stereocenters. The fourth-order valence-corrected chi connectivity index (χ4v) is 2.58. The number of rotatable bonds is 3. The Morgan fingerprint density at radius 1 is 1.25 bits per heavy atom. The maximum atomic E-state index is 6.01. The first-order valence-electron chi connectivity index (χ1n) is 5.79. The van der Waals surface area contributed by atoms with Crippen molar-refractivity contribution in [3.05, 3.63) is 35.9 Å². The van der Waals surface area contributed by atoms with Gasteiger partial charge in [0.05, 0.1) is 0 Å². The Morgan fingerprint density at radius 3 is 2.31 bits per heavy atom. The topological polar surface area (TPSA) is 9.23 Å². The van der Waals surface area contributed by atoms with Gasteiger partial charge in [-0.15, -0.1) is 0 Å². The van der Waals surface area contributed by atoms with E-state index in [0.717, 1.165) is 5.75 Å². The third kappa shape index (κ3) is 2.98. The van der Waals surface area contributed by atoms with E-state index in [1.54, 1.807) is 0 Å². The molecular weight excluding hydrogens is 212 g/mol. The van der Waals surface area contributed by atoms with Crippen LogP contribution in [0.2, 0.25) is 13.1 Å². The second kappa shape index (κ2) is 4.87. The predicted molar refractivity (Wildman–Crippen MR) is 74.7 cm³/mol. The van der Waals surface area contributed by atoms with Crippen molar-refractivity contribution < 1.29 is 4.43 Å². The smallest absolute Gasteiger partial charge is 0.229 e. The average molecular weight is 234 g/mol. The summed E-state index contributed by atoms with van der Waals surface area (Å²) in [6, 6.07) is 6.21. The fourth-order valence-electron chi connectivity index (χ4n) is 1.87. The molecule has 0 fully saturated rings. The molecule has 0 radical (unpaired) electrons. The Labute approximate surface area is 101 Å². The van der Waals surface area contributed by atoms with Crippen molar-refractivity contribution in [2.75, 3.05) is 0 Å². The van der Waals surface area contributed by atoms with Gasteiger partial charge in [-0.2, -0.15) is 0 Å². The molecule has 1 aromatic carbocycles. The molecule has 0 heterocycles. The van der Waals surface area contributed by atoms with Crippen molar-refractivity contribution in [1.82, 2.24) is 0 Å². The molecule has 16 heavy (non-hydrogen) atoms. The molecule has 0 aliphatic carbocycles. The van der Waals surface area contributed by atoms with E-state index in [4.69, 9.17) is 4.43 Å². The molecule has 0 aliphatic rings. The highest BCUT2D eigenvalue weighted by molar-refractivity contribution is 6.49. The quantitative estimate of drug-likeness (QED) is 0.719. The minimum atomic E-state index is -1.06. The molecule has 1 rings (SSSR count). The summed E-state index contributed by atoms with van der Waals surface area (Å²) < 4.78 is 6.01. The van der Waals surface area contributed by atoms with Crippen molar-refractivity contribution in [3.8, 4) is 5.75 Å². The van der Waals surface area contributed by atoms with Gasteiger partial charge in [0.1, 0.15) is 5.75 Å². The van der Waals surface area contributed by atoms with E-state index in [1.807, 2.05) is 12.1 Å². The zero-order valence-corrected chi connectivity index (χ0v) is 12.2. The second-order valence-electron chi connectivity index (χ2n) is 5.34. The summed E-state index contributed by atoms with van der Waals surface area (Å²) in [5.41, 5.74) is 2.54. The van der Waals surface area contributed by atoms with E-state index in [2.05, 4.69) is 52.6 Å². The Kier molecular flexibility index (Phi) is 3.97. The van der Waals surface area contributed by atoms with E-state index in [9.17, 15) is 0 Å². The van der Waals surface area contributed by atoms with Crippen molar-refractivity contribution in [2.45, 2.75) is 39.3 Å². The van der Waals surface area contributed by atoms with Gasteiger partial charge in [-0.05, 0) is 30.1 Å². The van der Waals surface area contributed by atoms with E-state index in [1.165, 1.54) is 11.1 Å². The normalized spacial score (nSPS) is 11.6. The Balaban J connectivity index is 3.32. The molecule has 0 aliphatic heterocycles. The highest BCUT2D eigenvalue weighted by Gasteiger charge is 2.22. The van der Waals surface area contributed by atoms with Gasteiger partial charge in [0, 0.05) is 5.56 Å².